The van der Waals surface area contributed by atoms with Crippen LogP contribution in [0, 0.1) is 0 Å². The molecular formula is C24H31N3O4. The van der Waals surface area contributed by atoms with E-state index < -0.39 is 5.91 Å². The van der Waals surface area contributed by atoms with Crippen molar-refractivity contribution in [2.24, 2.45) is 5.10 Å². The second-order valence-electron chi connectivity index (χ2n) is 6.97. The molecule has 0 saturated heterocycles. The van der Waals surface area contributed by atoms with Crippen LogP contribution in [0.2, 0.25) is 0 Å². The lowest BCUT2D eigenvalue weighted by Crippen LogP contribution is -2.34. The summed E-state index contributed by atoms with van der Waals surface area (Å²) >= 11 is 0. The Kier molecular flexibility index (Phi) is 10.6. The van der Waals surface area contributed by atoms with Gasteiger partial charge in [0.1, 0.15) is 11.5 Å². The molecule has 7 heteroatoms. The molecule has 7 nitrogen and oxygen atoms in total. The molecular weight excluding hydrogens is 394 g/mol. The molecule has 2 amide bonds. The number of amides is 2. The SMILES string of the molecule is CCCCOc1ccc(/C=N\NC(=O)CNC(=O)c2ccc(OCCCC)cc2)cc1. The predicted molar refractivity (Wildman–Crippen MR) is 122 cm³/mol. The van der Waals surface area contributed by atoms with Crippen molar-refractivity contribution < 1.29 is 19.1 Å². The molecule has 31 heavy (non-hydrogen) atoms. The molecule has 0 aliphatic heterocycles. The standard InChI is InChI=1S/C24H31N3O4/c1-3-5-15-30-21-11-7-19(8-12-21)17-26-27-23(28)18-25-24(29)20-9-13-22(14-10-20)31-16-6-4-2/h7-14,17H,3-6,15-16,18H2,1-2H3,(H,25,29)(H,27,28)/b26-17-. The predicted octanol–water partition coefficient (Wildman–Crippen LogP) is 3.92. The van der Waals surface area contributed by atoms with Crippen molar-refractivity contribution in [2.75, 3.05) is 19.8 Å². The van der Waals surface area contributed by atoms with Gasteiger partial charge >= 0.3 is 0 Å². The molecule has 0 heterocycles. The van der Waals surface area contributed by atoms with E-state index in [2.05, 4.69) is 29.7 Å². The van der Waals surface area contributed by atoms with Gasteiger partial charge in [0, 0.05) is 5.56 Å². The zero-order chi connectivity index (χ0) is 22.3. The lowest BCUT2D eigenvalue weighted by Gasteiger charge is -2.07. The highest BCUT2D eigenvalue weighted by Crippen LogP contribution is 2.13. The largest absolute Gasteiger partial charge is 0.494 e. The number of hydrazone groups is 1. The fourth-order valence-electron chi connectivity index (χ4n) is 2.50. The van der Waals surface area contributed by atoms with Crippen LogP contribution >= 0.6 is 0 Å². The number of hydrogen-bond donors (Lipinski definition) is 2. The van der Waals surface area contributed by atoms with Crippen LogP contribution in [-0.4, -0.2) is 37.8 Å². The maximum atomic E-state index is 12.2. The third kappa shape index (κ3) is 9.33. The van der Waals surface area contributed by atoms with Gasteiger partial charge < -0.3 is 14.8 Å². The number of rotatable bonds is 13. The van der Waals surface area contributed by atoms with Crippen molar-refractivity contribution in [3.05, 3.63) is 59.7 Å². The van der Waals surface area contributed by atoms with E-state index in [1.807, 2.05) is 24.3 Å². The molecule has 0 spiro atoms. The third-order valence-electron chi connectivity index (χ3n) is 4.34. The second kappa shape index (κ2) is 13.8. The van der Waals surface area contributed by atoms with Crippen molar-refractivity contribution in [3.8, 4) is 11.5 Å². The Morgan fingerprint density at radius 3 is 1.97 bits per heavy atom. The molecule has 2 aromatic rings. The van der Waals surface area contributed by atoms with Gasteiger partial charge in [-0.25, -0.2) is 5.43 Å². The van der Waals surface area contributed by atoms with Crippen LogP contribution in [0.5, 0.6) is 11.5 Å². The van der Waals surface area contributed by atoms with E-state index in [0.29, 0.717) is 18.8 Å². The topological polar surface area (TPSA) is 89.0 Å². The highest BCUT2D eigenvalue weighted by Gasteiger charge is 2.08. The number of nitrogens with one attached hydrogen (secondary N) is 2. The molecule has 166 valence electrons. The van der Waals surface area contributed by atoms with Gasteiger partial charge in [-0.2, -0.15) is 5.10 Å². The highest BCUT2D eigenvalue weighted by atomic mass is 16.5. The second-order valence-corrected chi connectivity index (χ2v) is 6.97. The van der Waals surface area contributed by atoms with E-state index in [-0.39, 0.29) is 12.5 Å². The van der Waals surface area contributed by atoms with Gasteiger partial charge in [-0.1, -0.05) is 26.7 Å². The molecule has 0 atom stereocenters. The maximum Gasteiger partial charge on any atom is 0.259 e. The smallest absolute Gasteiger partial charge is 0.259 e. The van der Waals surface area contributed by atoms with Crippen LogP contribution in [0.15, 0.2) is 53.6 Å². The van der Waals surface area contributed by atoms with Gasteiger partial charge in [0.2, 0.25) is 0 Å². The zero-order valence-corrected chi connectivity index (χ0v) is 18.2. The van der Waals surface area contributed by atoms with Crippen molar-refractivity contribution in [1.82, 2.24) is 10.7 Å². The summed E-state index contributed by atoms with van der Waals surface area (Å²) in [6, 6.07) is 14.3. The summed E-state index contributed by atoms with van der Waals surface area (Å²) in [4.78, 5) is 24.1. The number of unbranched alkanes of at least 4 members (excludes halogenated alkanes) is 2. The van der Waals surface area contributed by atoms with Gasteiger partial charge in [0.05, 0.1) is 26.0 Å². The Bertz CT molecular complexity index is 833. The Hall–Kier alpha value is -3.35. The van der Waals surface area contributed by atoms with E-state index in [4.69, 9.17) is 9.47 Å². The molecule has 0 bridgehead atoms. The number of carbonyl (C=O) groups excluding carboxylic acids is 2. The average molecular weight is 426 g/mol. The molecule has 0 aromatic heterocycles. The van der Waals surface area contributed by atoms with E-state index in [0.717, 1.165) is 42.7 Å². The van der Waals surface area contributed by atoms with E-state index in [1.165, 1.54) is 6.21 Å². The lowest BCUT2D eigenvalue weighted by molar-refractivity contribution is -0.120. The molecule has 0 aliphatic rings. The third-order valence-corrected chi connectivity index (χ3v) is 4.34. The van der Waals surface area contributed by atoms with Crippen LogP contribution in [-0.2, 0) is 4.79 Å². The first-order valence-electron chi connectivity index (χ1n) is 10.7. The van der Waals surface area contributed by atoms with Crippen molar-refractivity contribution in [1.29, 1.82) is 0 Å². The van der Waals surface area contributed by atoms with Gasteiger partial charge in [-0.05, 0) is 66.9 Å². The first-order valence-corrected chi connectivity index (χ1v) is 10.7. The number of nitrogens with zero attached hydrogens (tertiary/aromatic N) is 1. The molecule has 0 aliphatic carbocycles. The first kappa shape index (κ1) is 23.9. The van der Waals surface area contributed by atoms with Gasteiger partial charge in [-0.3, -0.25) is 9.59 Å². The van der Waals surface area contributed by atoms with Crippen molar-refractivity contribution in [3.63, 3.8) is 0 Å². The summed E-state index contributed by atoms with van der Waals surface area (Å²) in [7, 11) is 0. The summed E-state index contributed by atoms with van der Waals surface area (Å²) in [6.45, 7) is 5.39. The minimum atomic E-state index is -0.413. The van der Waals surface area contributed by atoms with Gasteiger partial charge in [0.15, 0.2) is 0 Å². The molecule has 0 unspecified atom stereocenters. The zero-order valence-electron chi connectivity index (χ0n) is 18.2. The van der Waals surface area contributed by atoms with Crippen LogP contribution in [0.25, 0.3) is 0 Å². The minimum Gasteiger partial charge on any atom is -0.494 e. The van der Waals surface area contributed by atoms with Crippen molar-refractivity contribution >= 4 is 18.0 Å². The molecule has 2 rings (SSSR count). The number of carbonyl (C=O) groups is 2. The van der Waals surface area contributed by atoms with Crippen LogP contribution in [0.4, 0.5) is 0 Å². The summed E-state index contributed by atoms with van der Waals surface area (Å²) in [5, 5.41) is 6.48. The maximum absolute atomic E-state index is 12.2. The number of benzene rings is 2. The Balaban J connectivity index is 1.70. The normalized spacial score (nSPS) is 10.6. The number of ether oxygens (including phenoxy) is 2. The molecule has 0 fully saturated rings. The van der Waals surface area contributed by atoms with Gasteiger partial charge in [-0.15, -0.1) is 0 Å². The molecule has 0 saturated carbocycles. The van der Waals surface area contributed by atoms with Crippen LogP contribution in [0.1, 0.15) is 55.5 Å². The Morgan fingerprint density at radius 1 is 0.871 bits per heavy atom. The van der Waals surface area contributed by atoms with E-state index in [9.17, 15) is 9.59 Å². The van der Waals surface area contributed by atoms with Crippen LogP contribution < -0.4 is 20.2 Å². The first-order chi connectivity index (χ1) is 15.1. The van der Waals surface area contributed by atoms with E-state index >= 15 is 0 Å². The highest BCUT2D eigenvalue weighted by molar-refractivity contribution is 5.96. The fraction of sp³-hybridized carbons (Fsp3) is 0.375. The summed E-state index contributed by atoms with van der Waals surface area (Å²) in [6.07, 6.45) is 5.69. The van der Waals surface area contributed by atoms with Gasteiger partial charge in [0.25, 0.3) is 11.8 Å². The summed E-state index contributed by atoms with van der Waals surface area (Å²) in [5.74, 6) is 0.775. The monoisotopic (exact) mass is 425 g/mol. The summed E-state index contributed by atoms with van der Waals surface area (Å²) in [5.41, 5.74) is 3.68. The molecule has 2 aromatic carbocycles. The number of hydrogen-bond acceptors (Lipinski definition) is 5. The lowest BCUT2D eigenvalue weighted by atomic mass is 10.2. The average Bonchev–Trinajstić information content (AvgIpc) is 2.79. The van der Waals surface area contributed by atoms with Crippen LogP contribution in [0.3, 0.4) is 0 Å². The quantitative estimate of drug-likeness (QED) is 0.289. The molecule has 2 N–H and O–H groups in total. The fourth-order valence-corrected chi connectivity index (χ4v) is 2.50. The molecule has 0 radical (unpaired) electrons. The van der Waals surface area contributed by atoms with Crippen molar-refractivity contribution in [2.45, 2.75) is 39.5 Å². The Labute approximate surface area is 183 Å². The minimum absolute atomic E-state index is 0.171. The Morgan fingerprint density at radius 2 is 1.42 bits per heavy atom. The summed E-state index contributed by atoms with van der Waals surface area (Å²) < 4.78 is 11.2. The van der Waals surface area contributed by atoms with E-state index in [1.54, 1.807) is 24.3 Å².